The van der Waals surface area contributed by atoms with Crippen molar-refractivity contribution in [2.75, 3.05) is 39.9 Å². The van der Waals surface area contributed by atoms with Crippen LogP contribution < -0.4 is 10.6 Å². The van der Waals surface area contributed by atoms with Crippen LogP contribution in [0, 0.1) is 17.2 Å². The summed E-state index contributed by atoms with van der Waals surface area (Å²) in [5.74, 6) is 1.35. The van der Waals surface area contributed by atoms with E-state index in [1.165, 1.54) is 0 Å². The van der Waals surface area contributed by atoms with Gasteiger partial charge in [-0.05, 0) is 23.6 Å². The molecular formula is C19H30IN5O. The highest BCUT2D eigenvalue weighted by atomic mass is 127. The number of nitriles is 1. The first-order valence-corrected chi connectivity index (χ1v) is 8.89. The summed E-state index contributed by atoms with van der Waals surface area (Å²) in [5, 5.41) is 15.6. The first kappa shape index (κ1) is 22.7. The monoisotopic (exact) mass is 471 g/mol. The van der Waals surface area contributed by atoms with Crippen molar-refractivity contribution < 1.29 is 4.74 Å². The second kappa shape index (κ2) is 12.1. The molecular weight excluding hydrogens is 441 g/mol. The van der Waals surface area contributed by atoms with Crippen LogP contribution >= 0.6 is 24.0 Å². The molecule has 1 aromatic carbocycles. The number of morpholine rings is 1. The van der Waals surface area contributed by atoms with Gasteiger partial charge >= 0.3 is 0 Å². The van der Waals surface area contributed by atoms with Crippen molar-refractivity contribution in [1.29, 1.82) is 5.26 Å². The molecule has 0 aromatic heterocycles. The maximum absolute atomic E-state index is 8.85. The third-order valence-electron chi connectivity index (χ3n) is 4.53. The Bertz CT molecular complexity index is 591. The fraction of sp³-hybridized carbons (Fsp3) is 0.579. The van der Waals surface area contributed by atoms with Gasteiger partial charge in [0.2, 0.25) is 0 Å². The highest BCUT2D eigenvalue weighted by Gasteiger charge is 2.23. The van der Waals surface area contributed by atoms with Crippen molar-refractivity contribution in [2.24, 2.45) is 10.9 Å². The zero-order valence-electron chi connectivity index (χ0n) is 15.9. The number of nitrogens with one attached hydrogen (secondary N) is 2. The van der Waals surface area contributed by atoms with Gasteiger partial charge < -0.3 is 15.4 Å². The Morgan fingerprint density at radius 2 is 1.88 bits per heavy atom. The fourth-order valence-electron chi connectivity index (χ4n) is 3.00. The van der Waals surface area contributed by atoms with E-state index in [1.807, 2.05) is 24.3 Å². The molecule has 1 aliphatic rings. The second-order valence-corrected chi connectivity index (χ2v) is 6.58. The van der Waals surface area contributed by atoms with Crippen molar-refractivity contribution >= 4 is 29.9 Å². The number of hydrogen-bond donors (Lipinski definition) is 2. The molecule has 144 valence electrons. The summed E-state index contributed by atoms with van der Waals surface area (Å²) in [6.45, 7) is 9.65. The molecule has 1 saturated heterocycles. The SMILES string of the molecule is CN=C(NCc1ccc(C#N)cc1)NCC(C(C)C)N1CCOCC1.I. The van der Waals surface area contributed by atoms with Crippen LogP contribution in [0.25, 0.3) is 0 Å². The van der Waals surface area contributed by atoms with E-state index in [-0.39, 0.29) is 24.0 Å². The quantitative estimate of drug-likeness (QED) is 0.378. The minimum absolute atomic E-state index is 0. The Kier molecular flexibility index (Phi) is 10.5. The lowest BCUT2D eigenvalue weighted by atomic mass is 10.0. The molecule has 1 fully saturated rings. The standard InChI is InChI=1S/C19H29N5O.HI/c1-15(2)18(24-8-10-25-11-9-24)14-23-19(21-3)22-13-17-6-4-16(12-20)5-7-17;/h4-7,15,18H,8-11,13-14H2,1-3H3,(H2,21,22,23);1H. The van der Waals surface area contributed by atoms with Crippen LogP contribution in [0.4, 0.5) is 0 Å². The van der Waals surface area contributed by atoms with Gasteiger partial charge in [-0.2, -0.15) is 5.26 Å². The molecule has 6 nitrogen and oxygen atoms in total. The number of rotatable bonds is 6. The predicted octanol–water partition coefficient (Wildman–Crippen LogP) is 2.20. The van der Waals surface area contributed by atoms with Crippen LogP contribution in [0.2, 0.25) is 0 Å². The van der Waals surface area contributed by atoms with Gasteiger partial charge in [0.05, 0.1) is 24.8 Å². The van der Waals surface area contributed by atoms with Gasteiger partial charge in [-0.25, -0.2) is 0 Å². The van der Waals surface area contributed by atoms with E-state index in [2.05, 4.69) is 40.4 Å². The number of aliphatic imine (C=N–C) groups is 1. The van der Waals surface area contributed by atoms with E-state index in [0.29, 0.717) is 24.1 Å². The summed E-state index contributed by atoms with van der Waals surface area (Å²) < 4.78 is 5.46. The van der Waals surface area contributed by atoms with Crippen molar-refractivity contribution in [3.8, 4) is 6.07 Å². The summed E-state index contributed by atoms with van der Waals surface area (Å²) in [4.78, 5) is 6.81. The summed E-state index contributed by atoms with van der Waals surface area (Å²) in [6.07, 6.45) is 0. The molecule has 0 aliphatic carbocycles. The summed E-state index contributed by atoms with van der Waals surface area (Å²) >= 11 is 0. The molecule has 1 atom stereocenters. The first-order valence-electron chi connectivity index (χ1n) is 8.89. The largest absolute Gasteiger partial charge is 0.379 e. The van der Waals surface area contributed by atoms with Crippen molar-refractivity contribution in [3.05, 3.63) is 35.4 Å². The summed E-state index contributed by atoms with van der Waals surface area (Å²) in [6, 6.07) is 10.2. The van der Waals surface area contributed by atoms with Crippen LogP contribution in [-0.2, 0) is 11.3 Å². The van der Waals surface area contributed by atoms with E-state index < -0.39 is 0 Å². The molecule has 0 radical (unpaired) electrons. The highest BCUT2D eigenvalue weighted by Crippen LogP contribution is 2.12. The molecule has 1 aromatic rings. The average molecular weight is 471 g/mol. The zero-order valence-corrected chi connectivity index (χ0v) is 18.2. The molecule has 2 N–H and O–H groups in total. The number of halogens is 1. The lowest BCUT2D eigenvalue weighted by molar-refractivity contribution is 0.00752. The van der Waals surface area contributed by atoms with Gasteiger partial charge in [0.25, 0.3) is 0 Å². The smallest absolute Gasteiger partial charge is 0.191 e. The first-order chi connectivity index (χ1) is 12.1. The third kappa shape index (κ3) is 7.09. The number of hydrogen-bond acceptors (Lipinski definition) is 4. The number of nitrogens with zero attached hydrogens (tertiary/aromatic N) is 3. The van der Waals surface area contributed by atoms with Crippen molar-refractivity contribution in [2.45, 2.75) is 26.4 Å². The topological polar surface area (TPSA) is 72.7 Å². The number of ether oxygens (including phenoxy) is 1. The van der Waals surface area contributed by atoms with Crippen LogP contribution in [-0.4, -0.2) is 56.8 Å². The molecule has 1 unspecified atom stereocenters. The number of benzene rings is 1. The Morgan fingerprint density at radius 3 is 2.42 bits per heavy atom. The van der Waals surface area contributed by atoms with E-state index in [0.717, 1.165) is 44.4 Å². The van der Waals surface area contributed by atoms with Gasteiger partial charge in [-0.15, -0.1) is 24.0 Å². The second-order valence-electron chi connectivity index (χ2n) is 6.58. The molecule has 0 bridgehead atoms. The van der Waals surface area contributed by atoms with Crippen LogP contribution in [0.3, 0.4) is 0 Å². The van der Waals surface area contributed by atoms with Crippen LogP contribution in [0.1, 0.15) is 25.0 Å². The minimum atomic E-state index is 0. The Morgan fingerprint density at radius 1 is 1.23 bits per heavy atom. The zero-order chi connectivity index (χ0) is 18.1. The average Bonchev–Trinajstić information content (AvgIpc) is 2.65. The van der Waals surface area contributed by atoms with Crippen LogP contribution in [0.5, 0.6) is 0 Å². The summed E-state index contributed by atoms with van der Waals surface area (Å²) in [5.41, 5.74) is 1.80. The molecule has 0 spiro atoms. The van der Waals surface area contributed by atoms with E-state index in [4.69, 9.17) is 10.00 Å². The van der Waals surface area contributed by atoms with Crippen LogP contribution in [0.15, 0.2) is 29.3 Å². The van der Waals surface area contributed by atoms with E-state index in [9.17, 15) is 0 Å². The van der Waals surface area contributed by atoms with Crippen molar-refractivity contribution in [3.63, 3.8) is 0 Å². The normalized spacial score (nSPS) is 16.5. The maximum Gasteiger partial charge on any atom is 0.191 e. The number of guanidine groups is 1. The van der Waals surface area contributed by atoms with E-state index in [1.54, 1.807) is 7.05 Å². The molecule has 2 rings (SSSR count). The maximum atomic E-state index is 8.85. The van der Waals surface area contributed by atoms with Gasteiger partial charge in [-0.1, -0.05) is 26.0 Å². The molecule has 7 heteroatoms. The molecule has 0 saturated carbocycles. The molecule has 26 heavy (non-hydrogen) atoms. The molecule has 1 aliphatic heterocycles. The molecule has 1 heterocycles. The fourth-order valence-corrected chi connectivity index (χ4v) is 3.00. The molecule has 0 amide bonds. The summed E-state index contributed by atoms with van der Waals surface area (Å²) in [7, 11) is 1.78. The lowest BCUT2D eigenvalue weighted by Crippen LogP contribution is -2.52. The highest BCUT2D eigenvalue weighted by molar-refractivity contribution is 14.0. The van der Waals surface area contributed by atoms with Gasteiger partial charge in [0.1, 0.15) is 0 Å². The Balaban J connectivity index is 0.00000338. The lowest BCUT2D eigenvalue weighted by Gasteiger charge is -2.37. The van der Waals surface area contributed by atoms with Gasteiger partial charge in [0, 0.05) is 39.3 Å². The predicted molar refractivity (Wildman–Crippen MR) is 116 cm³/mol. The van der Waals surface area contributed by atoms with Crippen molar-refractivity contribution in [1.82, 2.24) is 15.5 Å². The van der Waals surface area contributed by atoms with Gasteiger partial charge in [-0.3, -0.25) is 9.89 Å². The van der Waals surface area contributed by atoms with Gasteiger partial charge in [0.15, 0.2) is 5.96 Å². The minimum Gasteiger partial charge on any atom is -0.379 e. The third-order valence-corrected chi connectivity index (χ3v) is 4.53. The van der Waals surface area contributed by atoms with E-state index >= 15 is 0 Å². The Labute approximate surface area is 174 Å². The Hall–Kier alpha value is -1.37.